The molecule has 9 heteroatoms. The number of amides is 1. The van der Waals surface area contributed by atoms with Gasteiger partial charge in [-0.3, -0.25) is 9.69 Å². The summed E-state index contributed by atoms with van der Waals surface area (Å²) < 4.78 is 5.47. The standard InChI is InChI=1S/C20H21N3O4S2/c1-3-10-23-17(24)16(29-20(23)22-19-21-9-11-28-19)12-13-5-7-14(8-6-13)27-15(4-2)18(25)26/h5-9,11-12,15H,3-4,10H2,1-2H3,(H,25,26)/b16-12+,22-20+. The van der Waals surface area contributed by atoms with E-state index in [9.17, 15) is 9.59 Å². The third kappa shape index (κ3) is 5.24. The van der Waals surface area contributed by atoms with Gasteiger partial charge in [0, 0.05) is 18.1 Å². The van der Waals surface area contributed by atoms with Crippen molar-refractivity contribution in [1.29, 1.82) is 0 Å². The summed E-state index contributed by atoms with van der Waals surface area (Å²) in [5.74, 6) is -0.593. The second kappa shape index (κ2) is 9.71. The summed E-state index contributed by atoms with van der Waals surface area (Å²) in [6, 6.07) is 7.00. The molecule has 1 unspecified atom stereocenters. The molecule has 1 aromatic carbocycles. The number of carbonyl (C=O) groups is 2. The van der Waals surface area contributed by atoms with Gasteiger partial charge in [-0.2, -0.15) is 4.99 Å². The Hall–Kier alpha value is -2.65. The molecule has 0 saturated carbocycles. The van der Waals surface area contributed by atoms with E-state index in [-0.39, 0.29) is 5.91 Å². The van der Waals surface area contributed by atoms with E-state index in [1.165, 1.54) is 23.1 Å². The topological polar surface area (TPSA) is 92.1 Å². The van der Waals surface area contributed by atoms with Crippen LogP contribution in [-0.2, 0) is 9.59 Å². The minimum Gasteiger partial charge on any atom is -0.479 e. The van der Waals surface area contributed by atoms with Crippen LogP contribution in [0.4, 0.5) is 5.13 Å². The molecular weight excluding hydrogens is 410 g/mol. The first-order chi connectivity index (χ1) is 14.0. The number of carboxylic acid groups (broad SMARTS) is 1. The summed E-state index contributed by atoms with van der Waals surface area (Å²) in [6.07, 6.45) is 3.81. The molecule has 3 rings (SSSR count). The molecule has 2 aromatic rings. The highest BCUT2D eigenvalue weighted by molar-refractivity contribution is 8.18. The molecule has 7 nitrogen and oxygen atoms in total. The summed E-state index contributed by atoms with van der Waals surface area (Å²) in [6.45, 7) is 4.36. The van der Waals surface area contributed by atoms with Crippen LogP contribution in [0, 0.1) is 0 Å². The lowest BCUT2D eigenvalue weighted by Crippen LogP contribution is -2.29. The van der Waals surface area contributed by atoms with Crippen LogP contribution in [0.3, 0.4) is 0 Å². The number of aliphatic imine (C=N–C) groups is 1. The van der Waals surface area contributed by atoms with E-state index in [0.29, 0.717) is 33.9 Å². The van der Waals surface area contributed by atoms with Crippen molar-refractivity contribution >= 4 is 51.4 Å². The van der Waals surface area contributed by atoms with Crippen LogP contribution in [0.25, 0.3) is 6.08 Å². The number of ether oxygens (including phenoxy) is 1. The van der Waals surface area contributed by atoms with Gasteiger partial charge in [0.15, 0.2) is 11.3 Å². The zero-order valence-corrected chi connectivity index (χ0v) is 17.7. The lowest BCUT2D eigenvalue weighted by atomic mass is 10.2. The zero-order valence-electron chi connectivity index (χ0n) is 16.1. The lowest BCUT2D eigenvalue weighted by molar-refractivity contribution is -0.145. The fourth-order valence-electron chi connectivity index (χ4n) is 2.63. The number of thioether (sulfide) groups is 1. The Kier molecular flexibility index (Phi) is 7.05. The van der Waals surface area contributed by atoms with Crippen molar-refractivity contribution in [2.24, 2.45) is 4.99 Å². The molecule has 2 heterocycles. The van der Waals surface area contributed by atoms with Gasteiger partial charge in [0.05, 0.1) is 4.91 Å². The molecule has 0 spiro atoms. The minimum atomic E-state index is -0.991. The van der Waals surface area contributed by atoms with Gasteiger partial charge in [-0.1, -0.05) is 26.0 Å². The Morgan fingerprint density at radius 1 is 1.34 bits per heavy atom. The molecule has 1 atom stereocenters. The molecule has 1 amide bonds. The van der Waals surface area contributed by atoms with E-state index in [2.05, 4.69) is 9.98 Å². The van der Waals surface area contributed by atoms with E-state index in [0.717, 1.165) is 12.0 Å². The Morgan fingerprint density at radius 2 is 2.10 bits per heavy atom. The van der Waals surface area contributed by atoms with E-state index < -0.39 is 12.1 Å². The predicted molar refractivity (Wildman–Crippen MR) is 116 cm³/mol. The third-order valence-corrected chi connectivity index (χ3v) is 5.72. The van der Waals surface area contributed by atoms with Crippen molar-refractivity contribution in [3.8, 4) is 5.75 Å². The van der Waals surface area contributed by atoms with Crippen molar-refractivity contribution in [2.75, 3.05) is 6.54 Å². The van der Waals surface area contributed by atoms with Gasteiger partial charge in [0.25, 0.3) is 5.91 Å². The van der Waals surface area contributed by atoms with Crippen LogP contribution >= 0.6 is 23.1 Å². The normalized spacial score (nSPS) is 17.9. The summed E-state index contributed by atoms with van der Waals surface area (Å²) in [5, 5.41) is 12.2. The lowest BCUT2D eigenvalue weighted by Gasteiger charge is -2.13. The SMILES string of the molecule is CCCN1C(=O)/C(=C\c2ccc(OC(CC)C(=O)O)cc2)S/C1=N/c1nccs1. The molecule has 0 aliphatic carbocycles. The van der Waals surface area contributed by atoms with Crippen molar-refractivity contribution < 1.29 is 19.4 Å². The summed E-state index contributed by atoms with van der Waals surface area (Å²) in [5.41, 5.74) is 0.823. The molecule has 0 bridgehead atoms. The van der Waals surface area contributed by atoms with Gasteiger partial charge in [-0.15, -0.1) is 11.3 Å². The minimum absolute atomic E-state index is 0.0793. The fraction of sp³-hybridized carbons (Fsp3) is 0.300. The number of thiazole rings is 1. The van der Waals surface area contributed by atoms with Gasteiger partial charge in [0.2, 0.25) is 5.13 Å². The van der Waals surface area contributed by atoms with Crippen LogP contribution in [0.2, 0.25) is 0 Å². The Morgan fingerprint density at radius 3 is 2.69 bits per heavy atom. The van der Waals surface area contributed by atoms with Gasteiger partial charge in [0.1, 0.15) is 5.75 Å². The Labute approximate surface area is 177 Å². The number of aliphatic carboxylic acids is 1. The van der Waals surface area contributed by atoms with E-state index in [4.69, 9.17) is 9.84 Å². The van der Waals surface area contributed by atoms with Gasteiger partial charge < -0.3 is 9.84 Å². The first-order valence-corrected chi connectivity index (χ1v) is 10.9. The number of hydrogen-bond donors (Lipinski definition) is 1. The van der Waals surface area contributed by atoms with Crippen molar-refractivity contribution in [1.82, 2.24) is 9.88 Å². The molecule has 1 aliphatic heterocycles. The number of aromatic nitrogens is 1. The first-order valence-electron chi connectivity index (χ1n) is 9.21. The molecule has 1 N–H and O–H groups in total. The quantitative estimate of drug-likeness (QED) is 0.623. The number of rotatable bonds is 8. The Balaban J connectivity index is 1.78. The maximum atomic E-state index is 12.8. The highest BCUT2D eigenvalue weighted by atomic mass is 32.2. The number of carbonyl (C=O) groups excluding carboxylic acids is 1. The average Bonchev–Trinajstić information content (AvgIpc) is 3.31. The smallest absolute Gasteiger partial charge is 0.344 e. The van der Waals surface area contributed by atoms with Crippen molar-refractivity contribution in [2.45, 2.75) is 32.8 Å². The molecule has 1 saturated heterocycles. The Bertz CT molecular complexity index is 924. The predicted octanol–water partition coefficient (Wildman–Crippen LogP) is 4.40. The second-order valence-electron chi connectivity index (χ2n) is 6.20. The molecule has 1 fully saturated rings. The van der Waals surface area contributed by atoms with E-state index in [1.807, 2.05) is 12.3 Å². The number of hydrogen-bond acceptors (Lipinski definition) is 7. The van der Waals surface area contributed by atoms with Crippen LogP contribution in [-0.4, -0.2) is 44.7 Å². The molecule has 1 aliphatic rings. The summed E-state index contributed by atoms with van der Waals surface area (Å²) in [7, 11) is 0. The molecule has 0 radical (unpaired) electrons. The number of amidine groups is 1. The molecular formula is C20H21N3O4S2. The van der Waals surface area contributed by atoms with Crippen LogP contribution < -0.4 is 4.74 Å². The van der Waals surface area contributed by atoms with Gasteiger partial charge in [-0.05, 0) is 48.4 Å². The molecule has 29 heavy (non-hydrogen) atoms. The van der Waals surface area contributed by atoms with Gasteiger partial charge >= 0.3 is 5.97 Å². The fourth-order valence-corrected chi connectivity index (χ4v) is 4.20. The highest BCUT2D eigenvalue weighted by Crippen LogP contribution is 2.34. The third-order valence-electron chi connectivity index (χ3n) is 4.05. The van der Waals surface area contributed by atoms with E-state index in [1.54, 1.807) is 48.4 Å². The first kappa shape index (κ1) is 21.1. The molecule has 1 aromatic heterocycles. The summed E-state index contributed by atoms with van der Waals surface area (Å²) >= 11 is 2.75. The zero-order chi connectivity index (χ0) is 20.8. The average molecular weight is 432 g/mol. The largest absolute Gasteiger partial charge is 0.479 e. The van der Waals surface area contributed by atoms with Crippen molar-refractivity contribution in [3.05, 3.63) is 46.3 Å². The van der Waals surface area contributed by atoms with Gasteiger partial charge in [-0.25, -0.2) is 9.78 Å². The number of carboxylic acids is 1. The number of nitrogens with zero attached hydrogens (tertiary/aromatic N) is 3. The second-order valence-corrected chi connectivity index (χ2v) is 8.08. The van der Waals surface area contributed by atoms with Crippen LogP contribution in [0.5, 0.6) is 5.75 Å². The van der Waals surface area contributed by atoms with Crippen LogP contribution in [0.1, 0.15) is 32.3 Å². The van der Waals surface area contributed by atoms with Crippen LogP contribution in [0.15, 0.2) is 45.7 Å². The highest BCUT2D eigenvalue weighted by Gasteiger charge is 2.33. The summed E-state index contributed by atoms with van der Waals surface area (Å²) in [4.78, 5) is 34.8. The number of benzene rings is 1. The monoisotopic (exact) mass is 431 g/mol. The molecule has 152 valence electrons. The van der Waals surface area contributed by atoms with Crippen molar-refractivity contribution in [3.63, 3.8) is 0 Å². The maximum absolute atomic E-state index is 12.8. The maximum Gasteiger partial charge on any atom is 0.344 e. The van der Waals surface area contributed by atoms with E-state index >= 15 is 0 Å².